The summed E-state index contributed by atoms with van der Waals surface area (Å²) in [7, 11) is 1.27. The van der Waals surface area contributed by atoms with Crippen LogP contribution in [0.1, 0.15) is 131 Å². The summed E-state index contributed by atoms with van der Waals surface area (Å²) in [5.74, 6) is -2.23. The lowest BCUT2D eigenvalue weighted by Crippen LogP contribution is -2.62. The summed E-state index contributed by atoms with van der Waals surface area (Å²) in [6, 6.07) is 0. The van der Waals surface area contributed by atoms with E-state index in [4.69, 9.17) is 42.6 Å². The number of aliphatic hydroxyl groups is 12. The molecule has 6 amide bonds. The molecule has 15 atom stereocenters. The minimum Gasteiger partial charge on any atom is -0.396 e. The van der Waals surface area contributed by atoms with Gasteiger partial charge in [-0.15, -0.1) is 0 Å². The summed E-state index contributed by atoms with van der Waals surface area (Å²) in [5.41, 5.74) is -1.58. The molecule has 34 heteroatoms. The summed E-state index contributed by atoms with van der Waals surface area (Å²) in [4.78, 5) is 75.8. The van der Waals surface area contributed by atoms with E-state index >= 15 is 0 Å². The van der Waals surface area contributed by atoms with Crippen molar-refractivity contribution in [2.75, 3.05) is 132 Å². The highest BCUT2D eigenvalue weighted by molar-refractivity contribution is 5.78. The topological polar surface area (TPSA) is 512 Å². The smallest absolute Gasteiger partial charge is 0.222 e. The van der Waals surface area contributed by atoms with Crippen LogP contribution >= 0.6 is 0 Å². The van der Waals surface area contributed by atoms with Gasteiger partial charge in [-0.3, -0.25) is 28.8 Å². The standard InChI is InChI=1S/C62H119N7O27/c1-41(34-70)52(82)54(84)56(86)59(88-6)93-29-11-8-17-47(77)64-23-14-26-67-50(80)20-32-90-39-62(69-61(3,4)5,38-89-31-19-49(79)66-25-13-22-63-46(76)16-7-10-28-92-58(43(75)35-71)95-44(36-72)42(2)74)40-91-33-21-51(81)68-27-15-24-65-48(78)18-9-12-30-94-60-57(87)55(85)53(83)45(37-73)96-60/h41-45,52-60,69-75,82-87H,7-40H2,1-6H3,(H,63,76)(H,64,77)(H,65,78)(H,66,79)(H,67,80)(H,68,81)/t41?,42-,43+,44?,45?,52?,53?,54?,55?,56?,57?,58?,59?,60?,62?/m0/s1. The quantitative estimate of drug-likeness (QED) is 0.0200. The van der Waals surface area contributed by atoms with Gasteiger partial charge in [0, 0.05) is 123 Å². The van der Waals surface area contributed by atoms with E-state index in [1.54, 1.807) is 0 Å². The molecule has 96 heavy (non-hydrogen) atoms. The number of methoxy groups -OCH3 is 1. The minimum atomic E-state index is -1.62. The highest BCUT2D eigenvalue weighted by Gasteiger charge is 2.44. The molecule has 1 aliphatic heterocycles. The lowest BCUT2D eigenvalue weighted by Gasteiger charge is -2.40. The lowest BCUT2D eigenvalue weighted by molar-refractivity contribution is -0.301. The van der Waals surface area contributed by atoms with E-state index in [1.807, 2.05) is 20.8 Å². The molecule has 0 saturated carbocycles. The van der Waals surface area contributed by atoms with Gasteiger partial charge < -0.3 is 141 Å². The Kier molecular flexibility index (Phi) is 49.6. The van der Waals surface area contributed by atoms with Crippen molar-refractivity contribution in [3.8, 4) is 0 Å². The second-order valence-electron chi connectivity index (χ2n) is 24.9. The van der Waals surface area contributed by atoms with Crippen molar-refractivity contribution in [1.82, 2.24) is 37.2 Å². The van der Waals surface area contributed by atoms with Gasteiger partial charge >= 0.3 is 0 Å². The maximum Gasteiger partial charge on any atom is 0.222 e. The van der Waals surface area contributed by atoms with Crippen molar-refractivity contribution in [3.63, 3.8) is 0 Å². The van der Waals surface area contributed by atoms with Crippen LogP contribution in [0.2, 0.25) is 0 Å². The second kappa shape index (κ2) is 52.9. The number of amides is 6. The molecule has 19 N–H and O–H groups in total. The maximum atomic E-state index is 12.8. The molecule has 0 aromatic heterocycles. The molecule has 1 heterocycles. The van der Waals surface area contributed by atoms with Crippen LogP contribution in [0.5, 0.6) is 0 Å². The van der Waals surface area contributed by atoms with Crippen molar-refractivity contribution < 1.29 is 133 Å². The third kappa shape index (κ3) is 40.9. The maximum absolute atomic E-state index is 12.8. The Balaban J connectivity index is 2.68. The average molecular weight is 1390 g/mol. The van der Waals surface area contributed by atoms with Crippen molar-refractivity contribution in [2.45, 2.75) is 222 Å². The molecule has 0 aromatic rings. The molecular formula is C62H119N7O27. The van der Waals surface area contributed by atoms with Crippen LogP contribution in [-0.4, -0.2) is 320 Å². The Morgan fingerprint density at radius 1 is 0.469 bits per heavy atom. The van der Waals surface area contributed by atoms with Crippen LogP contribution in [0.25, 0.3) is 0 Å². The van der Waals surface area contributed by atoms with E-state index in [0.717, 1.165) is 0 Å². The van der Waals surface area contributed by atoms with Gasteiger partial charge in [0.15, 0.2) is 18.9 Å². The molecule has 0 spiro atoms. The van der Waals surface area contributed by atoms with E-state index in [1.165, 1.54) is 21.0 Å². The first-order valence-electron chi connectivity index (χ1n) is 33.4. The number of hydrogen-bond donors (Lipinski definition) is 19. The number of aliphatic hydroxyl groups excluding tert-OH is 12. The first-order chi connectivity index (χ1) is 45.7. The molecule has 0 aliphatic carbocycles. The molecule has 1 rings (SSSR count). The molecule has 1 saturated heterocycles. The van der Waals surface area contributed by atoms with Gasteiger partial charge in [0.1, 0.15) is 48.8 Å². The number of carbonyl (C=O) groups excluding carboxylic acids is 6. The van der Waals surface area contributed by atoms with Gasteiger partial charge in [-0.2, -0.15) is 0 Å². The minimum absolute atomic E-state index is 0.00396. The number of unbranched alkanes of at least 4 members (excludes halogenated alkanes) is 3. The monoisotopic (exact) mass is 1390 g/mol. The molecule has 34 nitrogen and oxygen atoms in total. The summed E-state index contributed by atoms with van der Waals surface area (Å²) < 4.78 is 50.5. The molecule has 0 aromatic carbocycles. The fourth-order valence-electron chi connectivity index (χ4n) is 9.38. The molecule has 13 unspecified atom stereocenters. The van der Waals surface area contributed by atoms with Crippen molar-refractivity contribution >= 4 is 35.4 Å². The Labute approximate surface area is 563 Å². The summed E-state index contributed by atoms with van der Waals surface area (Å²) in [5, 5.41) is 138. The van der Waals surface area contributed by atoms with Crippen LogP contribution < -0.4 is 37.2 Å². The Morgan fingerprint density at radius 3 is 1.24 bits per heavy atom. The van der Waals surface area contributed by atoms with Crippen LogP contribution in [-0.2, 0) is 71.4 Å². The van der Waals surface area contributed by atoms with Crippen LogP contribution in [0, 0.1) is 5.92 Å². The van der Waals surface area contributed by atoms with E-state index < -0.39 is 123 Å². The predicted molar refractivity (Wildman–Crippen MR) is 343 cm³/mol. The van der Waals surface area contributed by atoms with Crippen molar-refractivity contribution in [2.24, 2.45) is 5.92 Å². The van der Waals surface area contributed by atoms with E-state index in [2.05, 4.69) is 37.2 Å². The fourth-order valence-corrected chi connectivity index (χ4v) is 9.38. The third-order valence-electron chi connectivity index (χ3n) is 14.9. The number of nitrogens with one attached hydrogen (secondary N) is 7. The Hall–Kier alpha value is -4.06. The van der Waals surface area contributed by atoms with Gasteiger partial charge in [0.25, 0.3) is 0 Å². The van der Waals surface area contributed by atoms with Gasteiger partial charge in [-0.25, -0.2) is 0 Å². The summed E-state index contributed by atoms with van der Waals surface area (Å²) in [6.45, 7) is 8.45. The molecule has 1 aliphatic rings. The molecule has 1 fully saturated rings. The van der Waals surface area contributed by atoms with Crippen molar-refractivity contribution in [3.05, 3.63) is 0 Å². The SMILES string of the molecule is COC(OCCCCC(=O)NCCCNC(=O)CCOCC(COCCC(=O)NCCCNC(=O)CCCCOC1OC(CO)C(O)C(O)C1O)(COCCC(=O)NCCCNC(=O)CCCCOC(OC(CO)[C@H](C)O)[C@H](O)CO)NC(C)(C)C)C(O)C(O)C(O)C(C)CO. The molecular weight excluding hydrogens is 1270 g/mol. The van der Waals surface area contributed by atoms with Gasteiger partial charge in [0.2, 0.25) is 35.4 Å². The van der Waals surface area contributed by atoms with Crippen LogP contribution in [0.15, 0.2) is 0 Å². The van der Waals surface area contributed by atoms with Gasteiger partial charge in [-0.1, -0.05) is 6.92 Å². The van der Waals surface area contributed by atoms with Crippen LogP contribution in [0.3, 0.4) is 0 Å². The Bertz CT molecular complexity index is 2070. The number of carbonyl (C=O) groups is 6. The first-order valence-corrected chi connectivity index (χ1v) is 33.4. The molecule has 0 radical (unpaired) electrons. The first kappa shape index (κ1) is 90.0. The second-order valence-corrected chi connectivity index (χ2v) is 24.9. The Morgan fingerprint density at radius 2 is 0.875 bits per heavy atom. The third-order valence-corrected chi connectivity index (χ3v) is 14.9. The highest BCUT2D eigenvalue weighted by Crippen LogP contribution is 2.23. The van der Waals surface area contributed by atoms with E-state index in [-0.39, 0.29) is 153 Å². The number of rotatable bonds is 59. The van der Waals surface area contributed by atoms with Crippen LogP contribution in [0.4, 0.5) is 0 Å². The summed E-state index contributed by atoms with van der Waals surface area (Å²) in [6.07, 6.45) is -13.1. The normalized spacial score (nSPS) is 20.1. The number of ether oxygens (including phenoxy) is 9. The van der Waals surface area contributed by atoms with Gasteiger partial charge in [0.05, 0.1) is 77.2 Å². The number of hydrogen-bond acceptors (Lipinski definition) is 28. The van der Waals surface area contributed by atoms with E-state index in [0.29, 0.717) is 77.4 Å². The largest absolute Gasteiger partial charge is 0.396 e. The predicted octanol–water partition coefficient (Wildman–Crippen LogP) is -5.32. The molecule has 0 bridgehead atoms. The zero-order valence-electron chi connectivity index (χ0n) is 57.1. The zero-order chi connectivity index (χ0) is 71.9. The molecule has 564 valence electrons. The average Bonchev–Trinajstić information content (AvgIpc) is 0.835. The summed E-state index contributed by atoms with van der Waals surface area (Å²) >= 11 is 0. The van der Waals surface area contributed by atoms with Crippen molar-refractivity contribution in [1.29, 1.82) is 0 Å². The zero-order valence-corrected chi connectivity index (χ0v) is 57.1. The van der Waals surface area contributed by atoms with Gasteiger partial charge in [-0.05, 0) is 85.5 Å². The lowest BCUT2D eigenvalue weighted by atomic mass is 9.97. The van der Waals surface area contributed by atoms with E-state index in [9.17, 15) is 90.0 Å². The highest BCUT2D eigenvalue weighted by atomic mass is 16.7. The fraction of sp³-hybridized carbons (Fsp3) is 0.903.